The van der Waals surface area contributed by atoms with Crippen molar-refractivity contribution in [1.29, 1.82) is 5.26 Å². The highest BCUT2D eigenvalue weighted by Gasteiger charge is 2.13. The number of halogens is 2. The van der Waals surface area contributed by atoms with E-state index in [4.69, 9.17) is 17.3 Å². The number of nitrogens with two attached hydrogens (primary N) is 1. The Kier molecular flexibility index (Phi) is 3.77. The lowest BCUT2D eigenvalue weighted by Gasteiger charge is -2.14. The molecule has 114 valence electrons. The number of nitrogens with one attached hydrogen (secondary N) is 1. The molecule has 1 heterocycles. The van der Waals surface area contributed by atoms with Crippen LogP contribution in [0.1, 0.15) is 11.1 Å². The Morgan fingerprint density at radius 3 is 2.78 bits per heavy atom. The Labute approximate surface area is 137 Å². The van der Waals surface area contributed by atoms with E-state index >= 15 is 0 Å². The van der Waals surface area contributed by atoms with Gasteiger partial charge in [0.25, 0.3) is 0 Å². The number of fused-ring (bicyclic) bond motifs is 1. The summed E-state index contributed by atoms with van der Waals surface area (Å²) < 4.78 is 13.3. The van der Waals surface area contributed by atoms with E-state index in [0.717, 1.165) is 10.9 Å². The smallest absolute Gasteiger partial charge is 0.141 e. The molecule has 4 nitrogen and oxygen atoms in total. The zero-order valence-corrected chi connectivity index (χ0v) is 12.9. The third kappa shape index (κ3) is 2.65. The summed E-state index contributed by atoms with van der Waals surface area (Å²) in [6.07, 6.45) is 1.49. The molecule has 0 radical (unpaired) electrons. The van der Waals surface area contributed by atoms with E-state index in [0.29, 0.717) is 28.1 Å². The summed E-state index contributed by atoms with van der Waals surface area (Å²) in [6, 6.07) is 9.96. The Bertz CT molecular complexity index is 963. The minimum Gasteiger partial charge on any atom is -0.398 e. The van der Waals surface area contributed by atoms with Crippen molar-refractivity contribution in [1.82, 2.24) is 4.98 Å². The first-order valence-electron chi connectivity index (χ1n) is 6.81. The molecule has 0 atom stereocenters. The van der Waals surface area contributed by atoms with Crippen molar-refractivity contribution in [3.63, 3.8) is 0 Å². The van der Waals surface area contributed by atoms with Gasteiger partial charge in [-0.15, -0.1) is 0 Å². The van der Waals surface area contributed by atoms with Crippen LogP contribution in [0.4, 0.5) is 21.5 Å². The molecule has 0 saturated carbocycles. The fourth-order valence-corrected chi connectivity index (χ4v) is 2.58. The number of nitrogens with zero attached hydrogens (tertiary/aromatic N) is 2. The fraction of sp³-hybridized carbons (Fsp3) is 0.0588. The quantitative estimate of drug-likeness (QED) is 0.678. The molecule has 0 aliphatic heterocycles. The van der Waals surface area contributed by atoms with E-state index in [1.807, 2.05) is 6.92 Å². The molecular weight excluding hydrogens is 315 g/mol. The highest BCUT2D eigenvalue weighted by atomic mass is 35.5. The molecule has 0 spiro atoms. The van der Waals surface area contributed by atoms with Crippen LogP contribution >= 0.6 is 11.6 Å². The molecule has 0 amide bonds. The average Bonchev–Trinajstić information content (AvgIpc) is 2.54. The number of aromatic nitrogens is 1. The van der Waals surface area contributed by atoms with Crippen LogP contribution in [0.3, 0.4) is 0 Å². The largest absolute Gasteiger partial charge is 0.398 e. The highest BCUT2D eigenvalue weighted by molar-refractivity contribution is 6.31. The van der Waals surface area contributed by atoms with Crippen molar-refractivity contribution < 1.29 is 4.39 Å². The van der Waals surface area contributed by atoms with Crippen molar-refractivity contribution in [2.75, 3.05) is 11.1 Å². The van der Waals surface area contributed by atoms with Gasteiger partial charge in [0.2, 0.25) is 0 Å². The Morgan fingerprint density at radius 2 is 2.09 bits per heavy atom. The van der Waals surface area contributed by atoms with Crippen LogP contribution in [0, 0.1) is 24.1 Å². The van der Waals surface area contributed by atoms with E-state index in [9.17, 15) is 9.65 Å². The summed E-state index contributed by atoms with van der Waals surface area (Å²) in [5.41, 5.74) is 9.63. The maximum Gasteiger partial charge on any atom is 0.141 e. The number of anilines is 3. The van der Waals surface area contributed by atoms with Crippen molar-refractivity contribution >= 4 is 39.6 Å². The number of aryl methyl sites for hydroxylation is 1. The summed E-state index contributed by atoms with van der Waals surface area (Å²) in [6.45, 7) is 1.86. The van der Waals surface area contributed by atoms with Gasteiger partial charge in [0.05, 0.1) is 21.8 Å². The minimum atomic E-state index is -0.502. The van der Waals surface area contributed by atoms with Crippen molar-refractivity contribution in [3.8, 4) is 6.07 Å². The predicted octanol–water partition coefficient (Wildman–Crippen LogP) is 4.53. The molecule has 3 N–H and O–H groups in total. The van der Waals surface area contributed by atoms with Gasteiger partial charge in [0, 0.05) is 23.0 Å². The molecule has 6 heteroatoms. The number of nitrogen functional groups attached to an aromatic ring is 1. The Balaban J connectivity index is 2.24. The number of nitriles is 1. The third-order valence-corrected chi connectivity index (χ3v) is 3.94. The number of pyridine rings is 1. The van der Waals surface area contributed by atoms with Gasteiger partial charge >= 0.3 is 0 Å². The lowest BCUT2D eigenvalue weighted by Crippen LogP contribution is -2.00. The molecule has 3 aromatic rings. The molecule has 0 aliphatic rings. The lowest BCUT2D eigenvalue weighted by molar-refractivity contribution is 0.628. The molecule has 3 rings (SSSR count). The van der Waals surface area contributed by atoms with Gasteiger partial charge in [-0.05, 0) is 42.8 Å². The molecule has 0 bridgehead atoms. The fourth-order valence-electron chi connectivity index (χ4n) is 2.40. The number of rotatable bonds is 2. The van der Waals surface area contributed by atoms with Gasteiger partial charge in [-0.2, -0.15) is 5.26 Å². The van der Waals surface area contributed by atoms with E-state index in [2.05, 4.69) is 16.4 Å². The molecule has 0 fully saturated rings. The van der Waals surface area contributed by atoms with Crippen LogP contribution in [0.2, 0.25) is 5.02 Å². The van der Waals surface area contributed by atoms with Crippen molar-refractivity contribution in [2.45, 2.75) is 6.92 Å². The zero-order chi connectivity index (χ0) is 16.6. The summed E-state index contributed by atoms with van der Waals surface area (Å²) in [4.78, 5) is 4.28. The minimum absolute atomic E-state index is 0.00288. The van der Waals surface area contributed by atoms with Gasteiger partial charge in [0.15, 0.2) is 0 Å². The van der Waals surface area contributed by atoms with Crippen LogP contribution in [-0.2, 0) is 0 Å². The monoisotopic (exact) mass is 326 g/mol. The Morgan fingerprint density at radius 1 is 1.30 bits per heavy atom. The highest BCUT2D eigenvalue weighted by Crippen LogP contribution is 2.34. The van der Waals surface area contributed by atoms with Gasteiger partial charge in [0.1, 0.15) is 11.9 Å². The first kappa shape index (κ1) is 15.1. The topological polar surface area (TPSA) is 74.7 Å². The third-order valence-electron chi connectivity index (χ3n) is 3.65. The number of hydrogen-bond donors (Lipinski definition) is 2. The SMILES string of the molecule is Cc1c(N)ccc2ncc(C#N)c(Nc3ccc(F)c(Cl)c3)c12. The Hall–Kier alpha value is -2.84. The second kappa shape index (κ2) is 5.75. The van der Waals surface area contributed by atoms with Crippen LogP contribution < -0.4 is 11.1 Å². The molecule has 0 aliphatic carbocycles. The molecule has 0 saturated heterocycles. The van der Waals surface area contributed by atoms with Crippen LogP contribution in [0.25, 0.3) is 10.9 Å². The van der Waals surface area contributed by atoms with Gasteiger partial charge in [-0.25, -0.2) is 4.39 Å². The van der Waals surface area contributed by atoms with Gasteiger partial charge in [-0.3, -0.25) is 4.98 Å². The van der Waals surface area contributed by atoms with E-state index < -0.39 is 5.82 Å². The summed E-state index contributed by atoms with van der Waals surface area (Å²) in [7, 11) is 0. The van der Waals surface area contributed by atoms with Crippen LogP contribution in [0.5, 0.6) is 0 Å². The number of benzene rings is 2. The lowest BCUT2D eigenvalue weighted by atomic mass is 10.0. The standard InChI is InChI=1S/C17H12ClFN4/c1-9-14(21)4-5-15-16(9)17(10(7-20)8-22-15)23-11-2-3-13(19)12(18)6-11/h2-6,8H,21H2,1H3,(H,22,23). The van der Waals surface area contributed by atoms with Gasteiger partial charge < -0.3 is 11.1 Å². The maximum atomic E-state index is 13.3. The van der Waals surface area contributed by atoms with E-state index in [1.165, 1.54) is 18.3 Å². The van der Waals surface area contributed by atoms with Gasteiger partial charge in [-0.1, -0.05) is 11.6 Å². The maximum absolute atomic E-state index is 13.3. The molecular formula is C17H12ClFN4. The van der Waals surface area contributed by atoms with Crippen molar-refractivity contribution in [2.24, 2.45) is 0 Å². The molecule has 0 unspecified atom stereocenters. The molecule has 23 heavy (non-hydrogen) atoms. The second-order valence-corrected chi connectivity index (χ2v) is 5.49. The second-order valence-electron chi connectivity index (χ2n) is 5.09. The summed E-state index contributed by atoms with van der Waals surface area (Å²) in [5, 5.41) is 13.3. The van der Waals surface area contributed by atoms with Crippen LogP contribution in [-0.4, -0.2) is 4.98 Å². The first-order chi connectivity index (χ1) is 11.0. The van der Waals surface area contributed by atoms with E-state index in [-0.39, 0.29) is 5.02 Å². The number of hydrogen-bond acceptors (Lipinski definition) is 4. The molecule has 1 aromatic heterocycles. The predicted molar refractivity (Wildman–Crippen MR) is 90.3 cm³/mol. The average molecular weight is 327 g/mol. The first-order valence-corrected chi connectivity index (χ1v) is 7.19. The zero-order valence-electron chi connectivity index (χ0n) is 12.2. The van der Waals surface area contributed by atoms with Crippen molar-refractivity contribution in [3.05, 3.63) is 58.5 Å². The normalized spacial score (nSPS) is 10.5. The van der Waals surface area contributed by atoms with Crippen LogP contribution in [0.15, 0.2) is 36.5 Å². The summed E-state index contributed by atoms with van der Waals surface area (Å²) in [5.74, 6) is -0.502. The summed E-state index contributed by atoms with van der Waals surface area (Å²) >= 11 is 5.82. The molecule has 2 aromatic carbocycles. The van der Waals surface area contributed by atoms with E-state index in [1.54, 1.807) is 18.2 Å².